The van der Waals surface area contributed by atoms with Gasteiger partial charge in [0.15, 0.2) is 19.7 Å². The molecule has 1 rings (SSSR count). The van der Waals surface area contributed by atoms with Crippen LogP contribution in [0.15, 0.2) is 12.2 Å². The Morgan fingerprint density at radius 1 is 1.20 bits per heavy atom. The zero-order valence-corrected chi connectivity index (χ0v) is 14.4. The molecule has 2 atom stereocenters. The maximum atomic E-state index is 11.8. The van der Waals surface area contributed by atoms with Crippen LogP contribution in [-0.4, -0.2) is 42.6 Å². The zero-order chi connectivity index (χ0) is 15.7. The number of hydrogen-bond acceptors (Lipinski definition) is 4. The van der Waals surface area contributed by atoms with E-state index in [0.29, 0.717) is 16.6 Å². The van der Waals surface area contributed by atoms with Crippen molar-refractivity contribution in [3.8, 4) is 0 Å². The molecule has 0 aromatic carbocycles. The Morgan fingerprint density at radius 2 is 1.65 bits per heavy atom. The van der Waals surface area contributed by atoms with Crippen molar-refractivity contribution in [3.63, 3.8) is 0 Å². The van der Waals surface area contributed by atoms with E-state index in [2.05, 4.69) is 41.5 Å². The van der Waals surface area contributed by atoms with E-state index in [4.69, 9.17) is 4.43 Å². The molecule has 0 saturated carbocycles. The van der Waals surface area contributed by atoms with Crippen molar-refractivity contribution in [2.45, 2.75) is 69.9 Å². The summed E-state index contributed by atoms with van der Waals surface area (Å²) in [5.41, 5.74) is -0.704. The largest absolute Gasteiger partial charge is 0.412 e. The molecule has 0 saturated heterocycles. The van der Waals surface area contributed by atoms with Crippen LogP contribution in [0.5, 0.6) is 0 Å². The number of carbonyl (C=O) groups is 1. The normalized spacial score (nSPS) is 27.4. The van der Waals surface area contributed by atoms with Crippen molar-refractivity contribution < 1.29 is 19.4 Å². The predicted molar refractivity (Wildman–Crippen MR) is 82.1 cm³/mol. The van der Waals surface area contributed by atoms with Gasteiger partial charge in [0.25, 0.3) is 0 Å². The first-order chi connectivity index (χ1) is 9.09. The lowest BCUT2D eigenvalue weighted by Gasteiger charge is -2.43. The summed E-state index contributed by atoms with van der Waals surface area (Å²) >= 11 is 0. The molecule has 0 aliphatic heterocycles. The van der Waals surface area contributed by atoms with Gasteiger partial charge in [-0.25, -0.2) is 0 Å². The predicted octanol–water partition coefficient (Wildman–Crippen LogP) is 2.41. The van der Waals surface area contributed by atoms with Gasteiger partial charge in [-0.1, -0.05) is 41.5 Å². The number of aliphatic hydroxyl groups is 2. The molecule has 1 aliphatic carbocycles. The maximum absolute atomic E-state index is 11.8. The molecule has 116 valence electrons. The van der Waals surface area contributed by atoms with Crippen LogP contribution < -0.4 is 0 Å². The molecule has 0 radical (unpaired) electrons. The van der Waals surface area contributed by atoms with Crippen LogP contribution in [0, 0.1) is 0 Å². The summed E-state index contributed by atoms with van der Waals surface area (Å²) in [4.78, 5) is 11.8. The molecule has 0 fully saturated rings. The monoisotopic (exact) mass is 300 g/mol. The van der Waals surface area contributed by atoms with E-state index < -0.39 is 25.8 Å². The Labute approximate surface area is 123 Å². The molecule has 4 nitrogen and oxygen atoms in total. The number of carbonyl (C=O) groups excluding carboxylic acids is 1. The van der Waals surface area contributed by atoms with Gasteiger partial charge >= 0.3 is 0 Å². The Kier molecular flexibility index (Phi) is 5.35. The van der Waals surface area contributed by atoms with Gasteiger partial charge in [0.05, 0.1) is 6.61 Å². The molecule has 0 bridgehead atoms. The fraction of sp³-hybridized carbons (Fsp3) is 0.800. The zero-order valence-electron chi connectivity index (χ0n) is 13.4. The van der Waals surface area contributed by atoms with E-state index in [1.165, 1.54) is 12.2 Å². The topological polar surface area (TPSA) is 66.8 Å². The van der Waals surface area contributed by atoms with Crippen molar-refractivity contribution >= 4 is 14.1 Å². The van der Waals surface area contributed by atoms with Crippen LogP contribution >= 0.6 is 0 Å². The fourth-order valence-corrected chi connectivity index (χ4v) is 8.99. The number of rotatable bonds is 6. The molecule has 0 unspecified atom stereocenters. The lowest BCUT2D eigenvalue weighted by molar-refractivity contribution is -0.143. The van der Waals surface area contributed by atoms with Crippen molar-refractivity contribution in [2.24, 2.45) is 0 Å². The van der Waals surface area contributed by atoms with E-state index in [1.54, 1.807) is 0 Å². The molecule has 0 aromatic rings. The highest BCUT2D eigenvalue weighted by atomic mass is 28.4. The quantitative estimate of drug-likeness (QED) is 0.739. The first-order valence-corrected chi connectivity index (χ1v) is 9.50. The smallest absolute Gasteiger partial charge is 0.200 e. The molecular weight excluding hydrogens is 272 g/mol. The fourth-order valence-electron chi connectivity index (χ4n) is 3.52. The molecular formula is C15H28O4Si. The minimum Gasteiger partial charge on any atom is -0.412 e. The molecule has 0 aromatic heterocycles. The van der Waals surface area contributed by atoms with Crippen LogP contribution in [0.4, 0.5) is 0 Å². The highest BCUT2D eigenvalue weighted by molar-refractivity contribution is 6.77. The summed E-state index contributed by atoms with van der Waals surface area (Å²) in [7, 11) is -2.15. The number of hydrogen-bond donors (Lipinski definition) is 2. The standard InChI is InChI=1S/C15H28O4Si/c1-10(2)20(11(3)4,12(5)6)19-9-15(18)13(16)7-8-14(15)17/h7-8,10-13,16,18H,9H2,1-6H3/t13-,15-/m0/s1. The second-order valence-corrected chi connectivity index (χ2v) is 12.2. The second kappa shape index (κ2) is 6.09. The summed E-state index contributed by atoms with van der Waals surface area (Å²) in [6.07, 6.45) is 1.39. The van der Waals surface area contributed by atoms with Gasteiger partial charge in [0, 0.05) is 0 Å². The van der Waals surface area contributed by atoms with Crippen LogP contribution in [0.25, 0.3) is 0 Å². The molecule has 0 heterocycles. The van der Waals surface area contributed by atoms with Crippen LogP contribution in [-0.2, 0) is 9.22 Å². The number of aliphatic hydroxyl groups excluding tert-OH is 1. The minimum absolute atomic E-state index is 0.124. The molecule has 20 heavy (non-hydrogen) atoms. The average molecular weight is 300 g/mol. The lowest BCUT2D eigenvalue weighted by Crippen LogP contribution is -2.55. The molecule has 1 aliphatic rings. The Morgan fingerprint density at radius 3 is 1.95 bits per heavy atom. The van der Waals surface area contributed by atoms with Gasteiger partial charge in [-0.05, 0) is 28.8 Å². The molecule has 0 spiro atoms. The Balaban J connectivity index is 2.96. The molecule has 5 heteroatoms. The van der Waals surface area contributed by atoms with Gasteiger partial charge in [0.2, 0.25) is 0 Å². The van der Waals surface area contributed by atoms with Crippen molar-refractivity contribution in [2.75, 3.05) is 6.61 Å². The first kappa shape index (κ1) is 17.6. The minimum atomic E-state index is -2.15. The van der Waals surface area contributed by atoms with Gasteiger partial charge < -0.3 is 14.6 Å². The summed E-state index contributed by atoms with van der Waals surface area (Å²) < 4.78 is 6.21. The van der Waals surface area contributed by atoms with E-state index in [1.807, 2.05) is 0 Å². The van der Waals surface area contributed by atoms with Crippen molar-refractivity contribution in [3.05, 3.63) is 12.2 Å². The van der Waals surface area contributed by atoms with Crippen LogP contribution in [0.3, 0.4) is 0 Å². The lowest BCUT2D eigenvalue weighted by atomic mass is 9.99. The van der Waals surface area contributed by atoms with Gasteiger partial charge in [0.1, 0.15) is 6.10 Å². The third-order valence-corrected chi connectivity index (χ3v) is 10.7. The Hall–Kier alpha value is -0.493. The second-order valence-electron chi connectivity index (χ2n) is 6.70. The van der Waals surface area contributed by atoms with Gasteiger partial charge in [-0.15, -0.1) is 0 Å². The summed E-state index contributed by atoms with van der Waals surface area (Å²) in [5.74, 6) is -0.468. The van der Waals surface area contributed by atoms with Crippen molar-refractivity contribution in [1.29, 1.82) is 0 Å². The molecule has 2 N–H and O–H groups in total. The first-order valence-electron chi connectivity index (χ1n) is 7.36. The highest BCUT2D eigenvalue weighted by Gasteiger charge is 2.50. The maximum Gasteiger partial charge on any atom is 0.200 e. The molecule has 0 amide bonds. The number of ketones is 1. The average Bonchev–Trinajstić information content (AvgIpc) is 2.57. The van der Waals surface area contributed by atoms with E-state index in [0.717, 1.165) is 0 Å². The summed E-state index contributed by atoms with van der Waals surface area (Å²) in [6, 6.07) is 0. The third-order valence-electron chi connectivity index (χ3n) is 4.60. The third kappa shape index (κ3) is 2.77. The van der Waals surface area contributed by atoms with Crippen LogP contribution in [0.1, 0.15) is 41.5 Å². The highest BCUT2D eigenvalue weighted by Crippen LogP contribution is 2.43. The van der Waals surface area contributed by atoms with E-state index >= 15 is 0 Å². The summed E-state index contributed by atoms with van der Waals surface area (Å²) in [6.45, 7) is 12.7. The van der Waals surface area contributed by atoms with E-state index in [-0.39, 0.29) is 6.61 Å². The van der Waals surface area contributed by atoms with Gasteiger partial charge in [-0.3, -0.25) is 4.79 Å². The Bertz CT molecular complexity index is 368. The summed E-state index contributed by atoms with van der Waals surface area (Å²) in [5, 5.41) is 20.2. The van der Waals surface area contributed by atoms with Crippen LogP contribution in [0.2, 0.25) is 16.6 Å². The van der Waals surface area contributed by atoms with E-state index in [9.17, 15) is 15.0 Å². The van der Waals surface area contributed by atoms with Gasteiger partial charge in [-0.2, -0.15) is 0 Å². The van der Waals surface area contributed by atoms with Crippen molar-refractivity contribution in [1.82, 2.24) is 0 Å². The SMILES string of the molecule is CC(C)[Si](OC[C@@]1(O)C(=O)C=C[C@@H]1O)(C(C)C)C(C)C.